The van der Waals surface area contributed by atoms with Gasteiger partial charge in [-0.1, -0.05) is 13.8 Å². The van der Waals surface area contributed by atoms with Crippen LogP contribution in [0.2, 0.25) is 0 Å². The van der Waals surface area contributed by atoms with Gasteiger partial charge in [-0.05, 0) is 18.8 Å². The summed E-state index contributed by atoms with van der Waals surface area (Å²) in [7, 11) is 1.99. The van der Waals surface area contributed by atoms with E-state index < -0.39 is 0 Å². The number of hydrogen-bond acceptors (Lipinski definition) is 3. The van der Waals surface area contributed by atoms with Gasteiger partial charge in [0.15, 0.2) is 0 Å². The van der Waals surface area contributed by atoms with Crippen molar-refractivity contribution in [3.05, 3.63) is 17.5 Å². The highest BCUT2D eigenvalue weighted by molar-refractivity contribution is 5.20. The standard InChI is InChI=1S/C13H23N3O/c1-10(2)13-11(8-16(3)15-13)7-14-12-5-4-6-17-9-12/h8,10,12,14H,4-7,9H2,1-3H3. The quantitative estimate of drug-likeness (QED) is 0.868. The van der Waals surface area contributed by atoms with Crippen LogP contribution in [0.4, 0.5) is 0 Å². The van der Waals surface area contributed by atoms with Crippen molar-refractivity contribution in [1.82, 2.24) is 15.1 Å². The smallest absolute Gasteiger partial charge is 0.0694 e. The van der Waals surface area contributed by atoms with Gasteiger partial charge in [0.2, 0.25) is 0 Å². The van der Waals surface area contributed by atoms with Crippen molar-refractivity contribution < 1.29 is 4.74 Å². The molecular weight excluding hydrogens is 214 g/mol. The summed E-state index contributed by atoms with van der Waals surface area (Å²) >= 11 is 0. The van der Waals surface area contributed by atoms with Crippen LogP contribution in [0.5, 0.6) is 0 Å². The third-order valence-corrected chi connectivity index (χ3v) is 3.23. The van der Waals surface area contributed by atoms with Crippen molar-refractivity contribution in [3.8, 4) is 0 Å². The molecule has 1 fully saturated rings. The Morgan fingerprint density at radius 1 is 1.59 bits per heavy atom. The summed E-state index contributed by atoms with van der Waals surface area (Å²) in [6.45, 7) is 7.04. The third kappa shape index (κ3) is 3.30. The molecule has 0 aromatic carbocycles. The fourth-order valence-electron chi connectivity index (χ4n) is 2.33. The van der Waals surface area contributed by atoms with Crippen molar-refractivity contribution in [2.75, 3.05) is 13.2 Å². The van der Waals surface area contributed by atoms with E-state index in [1.165, 1.54) is 24.1 Å². The fraction of sp³-hybridized carbons (Fsp3) is 0.769. The van der Waals surface area contributed by atoms with Gasteiger partial charge >= 0.3 is 0 Å². The Morgan fingerprint density at radius 2 is 2.41 bits per heavy atom. The van der Waals surface area contributed by atoms with Crippen LogP contribution in [0.1, 0.15) is 43.9 Å². The van der Waals surface area contributed by atoms with E-state index in [0.717, 1.165) is 19.8 Å². The highest BCUT2D eigenvalue weighted by Gasteiger charge is 2.15. The van der Waals surface area contributed by atoms with Gasteiger partial charge < -0.3 is 10.1 Å². The Kier molecular flexibility index (Phi) is 4.18. The van der Waals surface area contributed by atoms with Gasteiger partial charge in [-0.2, -0.15) is 5.10 Å². The maximum absolute atomic E-state index is 5.47. The predicted octanol–water partition coefficient (Wildman–Crippen LogP) is 1.81. The molecule has 1 unspecified atom stereocenters. The van der Waals surface area contributed by atoms with Gasteiger partial charge in [0.25, 0.3) is 0 Å². The molecule has 1 atom stereocenters. The summed E-state index contributed by atoms with van der Waals surface area (Å²) in [5, 5.41) is 8.09. The first-order valence-electron chi connectivity index (χ1n) is 6.50. The topological polar surface area (TPSA) is 39.1 Å². The zero-order chi connectivity index (χ0) is 12.3. The SMILES string of the molecule is CC(C)c1nn(C)cc1CNC1CCCOC1. The van der Waals surface area contributed by atoms with Gasteiger partial charge in [0.1, 0.15) is 0 Å². The summed E-state index contributed by atoms with van der Waals surface area (Å²) in [6, 6.07) is 0.504. The van der Waals surface area contributed by atoms with Gasteiger partial charge in [0, 0.05) is 38.0 Å². The molecule has 0 bridgehead atoms. The monoisotopic (exact) mass is 237 g/mol. The molecule has 4 heteroatoms. The second kappa shape index (κ2) is 5.65. The lowest BCUT2D eigenvalue weighted by Gasteiger charge is -2.23. The van der Waals surface area contributed by atoms with E-state index in [-0.39, 0.29) is 0 Å². The van der Waals surface area contributed by atoms with Crippen LogP contribution in [0.25, 0.3) is 0 Å². The lowest BCUT2D eigenvalue weighted by atomic mass is 10.1. The zero-order valence-corrected chi connectivity index (χ0v) is 11.1. The largest absolute Gasteiger partial charge is 0.380 e. The van der Waals surface area contributed by atoms with Gasteiger partial charge in [0.05, 0.1) is 12.3 Å². The van der Waals surface area contributed by atoms with Crippen LogP contribution < -0.4 is 5.32 Å². The molecular formula is C13H23N3O. The Hall–Kier alpha value is -0.870. The van der Waals surface area contributed by atoms with E-state index in [1.54, 1.807) is 0 Å². The summed E-state index contributed by atoms with van der Waals surface area (Å²) in [5.74, 6) is 0.482. The molecule has 1 aliphatic heterocycles. The van der Waals surface area contributed by atoms with E-state index in [2.05, 4.69) is 30.5 Å². The van der Waals surface area contributed by atoms with Crippen LogP contribution >= 0.6 is 0 Å². The number of rotatable bonds is 4. The summed E-state index contributed by atoms with van der Waals surface area (Å²) < 4.78 is 7.38. The van der Waals surface area contributed by atoms with Crippen LogP contribution in [0, 0.1) is 0 Å². The highest BCUT2D eigenvalue weighted by atomic mass is 16.5. The molecule has 1 aromatic heterocycles. The van der Waals surface area contributed by atoms with Gasteiger partial charge in [-0.3, -0.25) is 4.68 Å². The molecule has 0 amide bonds. The molecule has 96 valence electrons. The molecule has 1 aliphatic rings. The minimum absolute atomic E-state index is 0.482. The normalized spacial score (nSPS) is 21.1. The minimum atomic E-state index is 0.482. The molecule has 2 rings (SSSR count). The molecule has 4 nitrogen and oxygen atoms in total. The van der Waals surface area contributed by atoms with Crippen molar-refractivity contribution in [3.63, 3.8) is 0 Å². The lowest BCUT2D eigenvalue weighted by Crippen LogP contribution is -2.36. The van der Waals surface area contributed by atoms with Crippen LogP contribution in [-0.2, 0) is 18.3 Å². The Labute approximate surface area is 103 Å². The van der Waals surface area contributed by atoms with Crippen molar-refractivity contribution in [2.45, 2.75) is 45.2 Å². The number of aromatic nitrogens is 2. The van der Waals surface area contributed by atoms with Crippen LogP contribution in [-0.4, -0.2) is 29.0 Å². The predicted molar refractivity (Wildman–Crippen MR) is 68.0 cm³/mol. The molecule has 0 saturated carbocycles. The number of nitrogens with zero attached hydrogens (tertiary/aromatic N) is 2. The zero-order valence-electron chi connectivity index (χ0n) is 11.1. The average molecular weight is 237 g/mol. The maximum atomic E-state index is 5.47. The average Bonchev–Trinajstić information content (AvgIpc) is 2.69. The van der Waals surface area contributed by atoms with Crippen LogP contribution in [0.15, 0.2) is 6.20 Å². The molecule has 1 N–H and O–H groups in total. The third-order valence-electron chi connectivity index (χ3n) is 3.23. The Bertz CT molecular complexity index is 354. The number of nitrogens with one attached hydrogen (secondary N) is 1. The summed E-state index contributed by atoms with van der Waals surface area (Å²) in [5.41, 5.74) is 2.52. The van der Waals surface area contributed by atoms with E-state index in [1.807, 2.05) is 11.7 Å². The van der Waals surface area contributed by atoms with E-state index in [4.69, 9.17) is 4.74 Å². The molecule has 2 heterocycles. The van der Waals surface area contributed by atoms with E-state index in [0.29, 0.717) is 12.0 Å². The second-order valence-electron chi connectivity index (χ2n) is 5.16. The molecule has 1 aromatic rings. The molecule has 0 radical (unpaired) electrons. The highest BCUT2D eigenvalue weighted by Crippen LogP contribution is 2.17. The number of ether oxygens (including phenoxy) is 1. The Morgan fingerprint density at radius 3 is 3.06 bits per heavy atom. The molecule has 1 saturated heterocycles. The molecule has 0 aliphatic carbocycles. The summed E-state index contributed by atoms with van der Waals surface area (Å²) in [4.78, 5) is 0. The molecule has 17 heavy (non-hydrogen) atoms. The summed E-state index contributed by atoms with van der Waals surface area (Å²) in [6.07, 6.45) is 4.50. The van der Waals surface area contributed by atoms with Crippen molar-refractivity contribution in [1.29, 1.82) is 0 Å². The van der Waals surface area contributed by atoms with Crippen LogP contribution in [0.3, 0.4) is 0 Å². The van der Waals surface area contributed by atoms with Gasteiger partial charge in [-0.15, -0.1) is 0 Å². The first-order chi connectivity index (χ1) is 8.16. The van der Waals surface area contributed by atoms with Crippen molar-refractivity contribution >= 4 is 0 Å². The number of aryl methyl sites for hydroxylation is 1. The Balaban J connectivity index is 1.93. The first kappa shape index (κ1) is 12.6. The second-order valence-corrected chi connectivity index (χ2v) is 5.16. The van der Waals surface area contributed by atoms with E-state index >= 15 is 0 Å². The number of hydrogen-bond donors (Lipinski definition) is 1. The van der Waals surface area contributed by atoms with Gasteiger partial charge in [-0.25, -0.2) is 0 Å². The first-order valence-corrected chi connectivity index (χ1v) is 6.50. The fourth-order valence-corrected chi connectivity index (χ4v) is 2.33. The van der Waals surface area contributed by atoms with E-state index in [9.17, 15) is 0 Å². The molecule has 0 spiro atoms. The minimum Gasteiger partial charge on any atom is -0.380 e. The van der Waals surface area contributed by atoms with Crippen molar-refractivity contribution in [2.24, 2.45) is 7.05 Å². The lowest BCUT2D eigenvalue weighted by molar-refractivity contribution is 0.0699. The maximum Gasteiger partial charge on any atom is 0.0694 e.